The van der Waals surface area contributed by atoms with Gasteiger partial charge in [0.05, 0.1) is 5.56 Å². The smallest absolute Gasteiger partial charge is 0.399 e. The normalized spacial score (nSPS) is 11.7. The second kappa shape index (κ2) is 5.92. The van der Waals surface area contributed by atoms with Crippen molar-refractivity contribution in [3.8, 4) is 0 Å². The van der Waals surface area contributed by atoms with Crippen LogP contribution in [0.15, 0.2) is 18.2 Å². The van der Waals surface area contributed by atoms with Gasteiger partial charge in [-0.2, -0.15) is 13.2 Å². The summed E-state index contributed by atoms with van der Waals surface area (Å²) < 4.78 is 37.7. The van der Waals surface area contributed by atoms with E-state index in [1.807, 2.05) is 0 Å². The fourth-order valence-corrected chi connectivity index (χ4v) is 1.44. The van der Waals surface area contributed by atoms with E-state index in [2.05, 4.69) is 5.32 Å². The Labute approximate surface area is 109 Å². The average Bonchev–Trinajstić information content (AvgIpc) is 2.24. The zero-order valence-corrected chi connectivity index (χ0v) is 10.7. The van der Waals surface area contributed by atoms with Crippen LogP contribution in [0.5, 0.6) is 0 Å². The van der Waals surface area contributed by atoms with Gasteiger partial charge in [0.2, 0.25) is 5.91 Å². The topological polar surface area (TPSA) is 58.4 Å². The molecule has 7 heteroatoms. The van der Waals surface area contributed by atoms with Crippen molar-refractivity contribution < 1.29 is 18.0 Å². The summed E-state index contributed by atoms with van der Waals surface area (Å²) in [5.41, 5.74) is 4.52. The Kier molecular flexibility index (Phi) is 4.77. The predicted octanol–water partition coefficient (Wildman–Crippen LogP) is 2.18. The van der Waals surface area contributed by atoms with Crippen molar-refractivity contribution in [2.45, 2.75) is 12.6 Å². The summed E-state index contributed by atoms with van der Waals surface area (Å²) in [6.45, 7) is 0.514. The summed E-state index contributed by atoms with van der Waals surface area (Å²) in [7, 11) is 3.60. The predicted molar refractivity (Wildman–Crippen MR) is 67.7 cm³/mol. The standard InChI is InChI=1S/C12H16F3N3O/c1-18(2)4-3-11(19)17-10-6-8(12(13,14)15)5-9(16)7-10/h5-7H,3-4,16H2,1-2H3,(H,17,19). The molecule has 1 amide bonds. The highest BCUT2D eigenvalue weighted by Gasteiger charge is 2.31. The number of nitrogen functional groups attached to an aromatic ring is 1. The number of rotatable bonds is 4. The van der Waals surface area contributed by atoms with E-state index in [0.29, 0.717) is 6.54 Å². The van der Waals surface area contributed by atoms with Gasteiger partial charge in [-0.3, -0.25) is 4.79 Å². The summed E-state index contributed by atoms with van der Waals surface area (Å²) in [5.74, 6) is -0.354. The molecular weight excluding hydrogens is 259 g/mol. The molecule has 0 saturated carbocycles. The van der Waals surface area contributed by atoms with Crippen LogP contribution in [0.25, 0.3) is 0 Å². The minimum absolute atomic E-state index is 0.0438. The zero-order chi connectivity index (χ0) is 14.6. The number of halogens is 3. The second-order valence-corrected chi connectivity index (χ2v) is 4.44. The first-order valence-corrected chi connectivity index (χ1v) is 5.61. The lowest BCUT2D eigenvalue weighted by Gasteiger charge is -2.12. The summed E-state index contributed by atoms with van der Waals surface area (Å²) in [6, 6.07) is 2.99. The van der Waals surface area contributed by atoms with Crippen LogP contribution in [-0.4, -0.2) is 31.4 Å². The van der Waals surface area contributed by atoms with Gasteiger partial charge in [0.15, 0.2) is 0 Å². The van der Waals surface area contributed by atoms with E-state index in [-0.39, 0.29) is 23.7 Å². The first kappa shape index (κ1) is 15.3. The van der Waals surface area contributed by atoms with E-state index >= 15 is 0 Å². The lowest BCUT2D eigenvalue weighted by molar-refractivity contribution is -0.137. The molecule has 0 radical (unpaired) electrons. The number of carbonyl (C=O) groups excluding carboxylic acids is 1. The lowest BCUT2D eigenvalue weighted by atomic mass is 10.1. The molecule has 0 saturated heterocycles. The second-order valence-electron chi connectivity index (χ2n) is 4.44. The number of anilines is 2. The Morgan fingerprint density at radius 3 is 2.47 bits per heavy atom. The summed E-state index contributed by atoms with van der Waals surface area (Å²) in [4.78, 5) is 13.3. The summed E-state index contributed by atoms with van der Waals surface area (Å²) in [6.07, 6.45) is -4.29. The number of nitrogens with two attached hydrogens (primary N) is 1. The van der Waals surface area contributed by atoms with Gasteiger partial charge >= 0.3 is 6.18 Å². The first-order valence-electron chi connectivity index (χ1n) is 5.61. The molecule has 0 aliphatic rings. The van der Waals surface area contributed by atoms with Gasteiger partial charge in [0.25, 0.3) is 0 Å². The molecule has 0 spiro atoms. The molecular formula is C12H16F3N3O. The van der Waals surface area contributed by atoms with Gasteiger partial charge in [-0.25, -0.2) is 0 Å². The molecule has 0 fully saturated rings. The minimum Gasteiger partial charge on any atom is -0.399 e. The molecule has 19 heavy (non-hydrogen) atoms. The Bertz CT molecular complexity index is 458. The SMILES string of the molecule is CN(C)CCC(=O)Nc1cc(N)cc(C(F)(F)F)c1. The van der Waals surface area contributed by atoms with Crippen molar-refractivity contribution in [2.24, 2.45) is 0 Å². The van der Waals surface area contributed by atoms with Gasteiger partial charge in [0, 0.05) is 24.3 Å². The quantitative estimate of drug-likeness (QED) is 0.828. The van der Waals surface area contributed by atoms with Crippen molar-refractivity contribution in [3.63, 3.8) is 0 Å². The summed E-state index contributed by atoms with van der Waals surface area (Å²) in [5, 5.41) is 2.40. The maximum absolute atomic E-state index is 12.6. The highest BCUT2D eigenvalue weighted by molar-refractivity contribution is 5.91. The maximum atomic E-state index is 12.6. The third-order valence-electron chi connectivity index (χ3n) is 2.35. The highest BCUT2D eigenvalue weighted by Crippen LogP contribution is 2.32. The van der Waals surface area contributed by atoms with E-state index < -0.39 is 11.7 Å². The minimum atomic E-state index is -4.49. The molecule has 0 heterocycles. The molecule has 1 rings (SSSR count). The number of nitrogens with one attached hydrogen (secondary N) is 1. The number of hydrogen-bond acceptors (Lipinski definition) is 3. The van der Waals surface area contributed by atoms with Crippen LogP contribution in [0.4, 0.5) is 24.5 Å². The monoisotopic (exact) mass is 275 g/mol. The molecule has 1 aromatic carbocycles. The number of benzene rings is 1. The van der Waals surface area contributed by atoms with Gasteiger partial charge in [-0.05, 0) is 32.3 Å². The third kappa shape index (κ3) is 5.17. The van der Waals surface area contributed by atoms with E-state index in [1.54, 1.807) is 19.0 Å². The molecule has 0 atom stereocenters. The van der Waals surface area contributed by atoms with Crippen LogP contribution < -0.4 is 11.1 Å². The van der Waals surface area contributed by atoms with Gasteiger partial charge in [0.1, 0.15) is 0 Å². The number of amides is 1. The molecule has 4 nitrogen and oxygen atoms in total. The number of alkyl halides is 3. The Morgan fingerprint density at radius 2 is 1.95 bits per heavy atom. The van der Waals surface area contributed by atoms with E-state index in [4.69, 9.17) is 5.73 Å². The molecule has 0 aliphatic carbocycles. The molecule has 0 aliphatic heterocycles. The zero-order valence-electron chi connectivity index (χ0n) is 10.7. The van der Waals surface area contributed by atoms with E-state index in [9.17, 15) is 18.0 Å². The van der Waals surface area contributed by atoms with Crippen molar-refractivity contribution in [1.29, 1.82) is 0 Å². The molecule has 0 unspecified atom stereocenters. The largest absolute Gasteiger partial charge is 0.416 e. The lowest BCUT2D eigenvalue weighted by Crippen LogP contribution is -2.21. The first-order chi connectivity index (χ1) is 8.68. The molecule has 106 valence electrons. The third-order valence-corrected chi connectivity index (χ3v) is 2.35. The fourth-order valence-electron chi connectivity index (χ4n) is 1.44. The van der Waals surface area contributed by atoms with Crippen LogP contribution in [-0.2, 0) is 11.0 Å². The molecule has 0 bridgehead atoms. The summed E-state index contributed by atoms with van der Waals surface area (Å²) >= 11 is 0. The Morgan fingerprint density at radius 1 is 1.32 bits per heavy atom. The van der Waals surface area contributed by atoms with Crippen molar-refractivity contribution >= 4 is 17.3 Å². The molecule has 0 aromatic heterocycles. The highest BCUT2D eigenvalue weighted by atomic mass is 19.4. The van der Waals surface area contributed by atoms with Gasteiger partial charge < -0.3 is 16.0 Å². The van der Waals surface area contributed by atoms with E-state index in [0.717, 1.165) is 12.1 Å². The Balaban J connectivity index is 2.79. The van der Waals surface area contributed by atoms with Crippen molar-refractivity contribution in [3.05, 3.63) is 23.8 Å². The maximum Gasteiger partial charge on any atom is 0.416 e. The van der Waals surface area contributed by atoms with Crippen LogP contribution in [0.2, 0.25) is 0 Å². The molecule has 3 N–H and O–H groups in total. The van der Waals surface area contributed by atoms with Crippen molar-refractivity contribution in [2.75, 3.05) is 31.7 Å². The number of nitrogens with zero attached hydrogens (tertiary/aromatic N) is 1. The van der Waals surface area contributed by atoms with Crippen LogP contribution in [0, 0.1) is 0 Å². The van der Waals surface area contributed by atoms with E-state index in [1.165, 1.54) is 6.07 Å². The van der Waals surface area contributed by atoms with Gasteiger partial charge in [-0.1, -0.05) is 0 Å². The van der Waals surface area contributed by atoms with Crippen LogP contribution in [0.3, 0.4) is 0 Å². The number of hydrogen-bond donors (Lipinski definition) is 2. The molecule has 1 aromatic rings. The van der Waals surface area contributed by atoms with Crippen molar-refractivity contribution in [1.82, 2.24) is 4.90 Å². The van der Waals surface area contributed by atoms with Gasteiger partial charge in [-0.15, -0.1) is 0 Å². The Hall–Kier alpha value is -1.76. The fraction of sp³-hybridized carbons (Fsp3) is 0.417. The number of carbonyl (C=O) groups is 1. The van der Waals surface area contributed by atoms with Crippen LogP contribution in [0.1, 0.15) is 12.0 Å². The van der Waals surface area contributed by atoms with Crippen LogP contribution >= 0.6 is 0 Å². The average molecular weight is 275 g/mol.